The molecular formula is C45H28N2. The van der Waals surface area contributed by atoms with Gasteiger partial charge in [-0.2, -0.15) is 0 Å². The van der Waals surface area contributed by atoms with Crippen molar-refractivity contribution in [3.05, 3.63) is 191 Å². The number of nitrogens with zero attached hydrogens (tertiary/aromatic N) is 2. The smallest absolute Gasteiger partial charge is 0.0706 e. The molecule has 12 rings (SSSR count). The second-order valence-electron chi connectivity index (χ2n) is 13.6. The van der Waals surface area contributed by atoms with Crippen LogP contribution in [0.15, 0.2) is 158 Å². The highest BCUT2D eigenvalue weighted by atomic mass is 15.1. The van der Waals surface area contributed by atoms with Crippen molar-refractivity contribution >= 4 is 43.6 Å². The molecule has 0 aliphatic heterocycles. The highest BCUT2D eigenvalue weighted by Crippen LogP contribution is 2.77. The summed E-state index contributed by atoms with van der Waals surface area (Å²) in [6, 6.07) is 59.2. The van der Waals surface area contributed by atoms with Crippen LogP contribution in [0.1, 0.15) is 45.2 Å². The summed E-state index contributed by atoms with van der Waals surface area (Å²) in [4.78, 5) is 0. The van der Waals surface area contributed by atoms with Crippen molar-refractivity contribution in [1.29, 1.82) is 0 Å². The molecule has 0 amide bonds. The first-order valence-electron chi connectivity index (χ1n) is 16.7. The zero-order chi connectivity index (χ0) is 30.4. The van der Waals surface area contributed by atoms with E-state index in [1.54, 1.807) is 0 Å². The SMILES string of the molecule is c1ccc2c(c1)C1c3cc(-n4c5ccccc5c5ccccc54)c(-n4c5ccccc5c5ccccc54)cc3C3c4ccccc4C213. The summed E-state index contributed by atoms with van der Waals surface area (Å²) in [6.07, 6.45) is 0. The predicted octanol–water partition coefficient (Wildman–Crippen LogP) is 10.8. The standard InChI is InChI=1S/C45H28N2/c1-7-19-35-31(17-1)43-33-25-41(46-37-21-9-3-13-27(37)28-14-4-10-22-38(28)46)42(26-34(33)44-32-18-2-8-20-36(32)45(35,43)44)47-39-23-11-5-15-29(39)30-16-6-12-24-40(30)47/h1-26,43-44H. The van der Waals surface area contributed by atoms with E-state index in [0.29, 0.717) is 11.8 Å². The summed E-state index contributed by atoms with van der Waals surface area (Å²) in [6.45, 7) is 0. The van der Waals surface area contributed by atoms with Crippen molar-refractivity contribution in [3.63, 3.8) is 0 Å². The lowest BCUT2D eigenvalue weighted by Gasteiger charge is -2.58. The molecule has 47 heavy (non-hydrogen) atoms. The third-order valence-electron chi connectivity index (χ3n) is 11.8. The van der Waals surface area contributed by atoms with E-state index in [1.807, 2.05) is 0 Å². The van der Waals surface area contributed by atoms with Crippen LogP contribution in [-0.4, -0.2) is 9.13 Å². The molecule has 9 aromatic rings. The molecule has 3 aliphatic rings. The van der Waals surface area contributed by atoms with Gasteiger partial charge < -0.3 is 9.13 Å². The molecule has 218 valence electrons. The lowest BCUT2D eigenvalue weighted by Crippen LogP contribution is -2.52. The lowest BCUT2D eigenvalue weighted by atomic mass is 9.43. The minimum absolute atomic E-state index is 0.0209. The number of benzene rings is 7. The Morgan fingerprint density at radius 2 is 0.660 bits per heavy atom. The average molecular weight is 597 g/mol. The van der Waals surface area contributed by atoms with E-state index >= 15 is 0 Å². The number of rotatable bonds is 2. The maximum atomic E-state index is 2.58. The van der Waals surface area contributed by atoms with Crippen molar-refractivity contribution in [2.75, 3.05) is 0 Å². The van der Waals surface area contributed by atoms with Gasteiger partial charge in [-0.15, -0.1) is 0 Å². The fourth-order valence-corrected chi connectivity index (χ4v) is 10.2. The molecular weight excluding hydrogens is 569 g/mol. The van der Waals surface area contributed by atoms with Crippen molar-refractivity contribution in [2.24, 2.45) is 0 Å². The molecule has 2 heteroatoms. The molecule has 0 radical (unpaired) electrons. The molecule has 2 aromatic heterocycles. The second-order valence-corrected chi connectivity index (χ2v) is 13.6. The predicted molar refractivity (Wildman–Crippen MR) is 192 cm³/mol. The van der Waals surface area contributed by atoms with E-state index in [4.69, 9.17) is 0 Å². The highest BCUT2D eigenvalue weighted by molar-refractivity contribution is 6.11. The molecule has 7 aromatic carbocycles. The van der Waals surface area contributed by atoms with Crippen molar-refractivity contribution in [2.45, 2.75) is 17.3 Å². The first kappa shape index (κ1) is 24.4. The molecule has 0 fully saturated rings. The Hall–Kier alpha value is -5.86. The fraction of sp³-hybridized carbons (Fsp3) is 0.0667. The Labute approximate surface area is 271 Å². The summed E-state index contributed by atoms with van der Waals surface area (Å²) in [5, 5.41) is 5.15. The van der Waals surface area contributed by atoms with Crippen LogP contribution in [0.5, 0.6) is 0 Å². The Morgan fingerprint density at radius 3 is 1.04 bits per heavy atom. The van der Waals surface area contributed by atoms with E-state index in [-0.39, 0.29) is 5.41 Å². The van der Waals surface area contributed by atoms with Crippen LogP contribution in [0.4, 0.5) is 0 Å². The molecule has 3 aliphatic carbocycles. The van der Waals surface area contributed by atoms with Crippen molar-refractivity contribution in [1.82, 2.24) is 9.13 Å². The molecule has 0 N–H and O–H groups in total. The Balaban J connectivity index is 1.27. The molecule has 2 atom stereocenters. The molecule has 0 bridgehead atoms. The third kappa shape index (κ3) is 2.66. The number of hydrogen-bond donors (Lipinski definition) is 0. The summed E-state index contributed by atoms with van der Waals surface area (Å²) in [7, 11) is 0. The van der Waals surface area contributed by atoms with Crippen LogP contribution < -0.4 is 0 Å². The maximum Gasteiger partial charge on any atom is 0.0706 e. The zero-order valence-corrected chi connectivity index (χ0v) is 25.6. The molecule has 1 spiro atoms. The number of hydrogen-bond acceptors (Lipinski definition) is 0. The summed E-state index contributed by atoms with van der Waals surface area (Å²) in [5.41, 5.74) is 16.4. The zero-order valence-electron chi connectivity index (χ0n) is 25.6. The third-order valence-corrected chi connectivity index (χ3v) is 11.8. The van der Waals surface area contributed by atoms with Gasteiger partial charge in [-0.3, -0.25) is 0 Å². The lowest BCUT2D eigenvalue weighted by molar-refractivity contribution is 0.332. The van der Waals surface area contributed by atoms with Crippen LogP contribution in [0.3, 0.4) is 0 Å². The van der Waals surface area contributed by atoms with Gasteiger partial charge in [0.25, 0.3) is 0 Å². The average Bonchev–Trinajstić information content (AvgIpc) is 3.69. The largest absolute Gasteiger partial charge is 0.307 e. The Bertz CT molecular complexity index is 2530. The minimum atomic E-state index is 0.0209. The Kier molecular flexibility index (Phi) is 4.30. The van der Waals surface area contributed by atoms with Gasteiger partial charge in [0.05, 0.1) is 33.4 Å². The van der Waals surface area contributed by atoms with E-state index < -0.39 is 0 Å². The monoisotopic (exact) mass is 596 g/mol. The van der Waals surface area contributed by atoms with Gasteiger partial charge in [-0.25, -0.2) is 0 Å². The topological polar surface area (TPSA) is 9.86 Å². The van der Waals surface area contributed by atoms with E-state index in [0.717, 1.165) is 0 Å². The van der Waals surface area contributed by atoms with Crippen LogP contribution in [-0.2, 0) is 5.41 Å². The first-order valence-corrected chi connectivity index (χ1v) is 16.7. The van der Waals surface area contributed by atoms with Gasteiger partial charge in [0, 0.05) is 38.8 Å². The normalized spacial score (nSPS) is 20.0. The molecule has 0 saturated carbocycles. The van der Waals surface area contributed by atoms with Crippen LogP contribution >= 0.6 is 0 Å². The highest BCUT2D eigenvalue weighted by Gasteiger charge is 2.69. The molecule has 2 heterocycles. The van der Waals surface area contributed by atoms with Crippen molar-refractivity contribution in [3.8, 4) is 11.4 Å². The molecule has 0 saturated heterocycles. The van der Waals surface area contributed by atoms with Gasteiger partial charge in [0.1, 0.15) is 0 Å². The minimum Gasteiger partial charge on any atom is -0.307 e. The van der Waals surface area contributed by atoms with Gasteiger partial charge in [0.15, 0.2) is 0 Å². The number of fused-ring (bicyclic) bond motifs is 13. The van der Waals surface area contributed by atoms with E-state index in [2.05, 4.69) is 167 Å². The van der Waals surface area contributed by atoms with Crippen molar-refractivity contribution < 1.29 is 0 Å². The van der Waals surface area contributed by atoms with Gasteiger partial charge in [-0.1, -0.05) is 121 Å². The van der Waals surface area contributed by atoms with Crippen LogP contribution in [0.25, 0.3) is 55.0 Å². The summed E-state index contributed by atoms with van der Waals surface area (Å²) in [5.74, 6) is 0.709. The van der Waals surface area contributed by atoms with Gasteiger partial charge in [0.2, 0.25) is 0 Å². The molecule has 2 unspecified atom stereocenters. The summed E-state index contributed by atoms with van der Waals surface area (Å²) < 4.78 is 5.07. The van der Waals surface area contributed by atoms with E-state index in [1.165, 1.54) is 88.4 Å². The molecule has 2 nitrogen and oxygen atoms in total. The van der Waals surface area contributed by atoms with Crippen LogP contribution in [0, 0.1) is 0 Å². The fourth-order valence-electron chi connectivity index (χ4n) is 10.2. The van der Waals surface area contributed by atoms with Gasteiger partial charge >= 0.3 is 0 Å². The first-order chi connectivity index (χ1) is 23.4. The van der Waals surface area contributed by atoms with Gasteiger partial charge in [-0.05, 0) is 69.8 Å². The van der Waals surface area contributed by atoms with Crippen LogP contribution in [0.2, 0.25) is 0 Å². The second kappa shape index (κ2) is 8.29. The number of aromatic nitrogens is 2. The summed E-state index contributed by atoms with van der Waals surface area (Å²) >= 11 is 0. The number of para-hydroxylation sites is 4. The Morgan fingerprint density at radius 1 is 0.340 bits per heavy atom. The maximum absolute atomic E-state index is 2.58. The van der Waals surface area contributed by atoms with E-state index in [9.17, 15) is 0 Å². The quantitative estimate of drug-likeness (QED) is 0.188.